The number of halogens is 1. The SMILES string of the molecule is COc1ccc(NC(=O)COc2ccc(S(=O)(=O)N3CCOCC3)cc2C)cc1Cl. The highest BCUT2D eigenvalue weighted by atomic mass is 35.5. The van der Waals surface area contributed by atoms with Crippen LogP contribution in [0.1, 0.15) is 5.56 Å². The molecule has 2 aromatic carbocycles. The Labute approximate surface area is 180 Å². The fourth-order valence-corrected chi connectivity index (χ4v) is 4.72. The van der Waals surface area contributed by atoms with Crippen LogP contribution in [0.5, 0.6) is 11.5 Å². The molecule has 1 N–H and O–H groups in total. The number of carbonyl (C=O) groups excluding carboxylic acids is 1. The van der Waals surface area contributed by atoms with Crippen LogP contribution in [0, 0.1) is 6.92 Å². The lowest BCUT2D eigenvalue weighted by molar-refractivity contribution is -0.118. The molecule has 0 radical (unpaired) electrons. The zero-order valence-electron chi connectivity index (χ0n) is 16.7. The molecule has 1 aliphatic heterocycles. The Bertz CT molecular complexity index is 1020. The normalized spacial score (nSPS) is 14.9. The van der Waals surface area contributed by atoms with E-state index in [0.717, 1.165) is 0 Å². The summed E-state index contributed by atoms with van der Waals surface area (Å²) in [5.74, 6) is 0.563. The number of hydrogen-bond acceptors (Lipinski definition) is 6. The van der Waals surface area contributed by atoms with E-state index in [-0.39, 0.29) is 17.4 Å². The Kier molecular flexibility index (Phi) is 7.19. The Morgan fingerprint density at radius 1 is 1.17 bits per heavy atom. The second-order valence-electron chi connectivity index (χ2n) is 6.63. The number of aryl methyl sites for hydroxylation is 1. The summed E-state index contributed by atoms with van der Waals surface area (Å²) in [6.45, 7) is 2.92. The zero-order chi connectivity index (χ0) is 21.7. The van der Waals surface area contributed by atoms with E-state index < -0.39 is 10.0 Å². The van der Waals surface area contributed by atoms with Gasteiger partial charge in [-0.25, -0.2) is 8.42 Å². The number of methoxy groups -OCH3 is 1. The quantitative estimate of drug-likeness (QED) is 0.691. The molecule has 10 heteroatoms. The van der Waals surface area contributed by atoms with Gasteiger partial charge in [0.2, 0.25) is 10.0 Å². The first-order valence-corrected chi connectivity index (χ1v) is 11.1. The summed E-state index contributed by atoms with van der Waals surface area (Å²) in [6, 6.07) is 9.47. The molecule has 1 aliphatic rings. The molecule has 30 heavy (non-hydrogen) atoms. The molecule has 8 nitrogen and oxygen atoms in total. The molecular weight excluding hydrogens is 432 g/mol. The lowest BCUT2D eigenvalue weighted by Gasteiger charge is -2.26. The second kappa shape index (κ2) is 9.65. The lowest BCUT2D eigenvalue weighted by atomic mass is 10.2. The number of amides is 1. The van der Waals surface area contributed by atoms with Gasteiger partial charge in [-0.3, -0.25) is 4.79 Å². The molecule has 0 aromatic heterocycles. The zero-order valence-corrected chi connectivity index (χ0v) is 18.3. The molecule has 162 valence electrons. The number of rotatable bonds is 7. The van der Waals surface area contributed by atoms with Crippen molar-refractivity contribution < 1.29 is 27.4 Å². The van der Waals surface area contributed by atoms with E-state index >= 15 is 0 Å². The van der Waals surface area contributed by atoms with E-state index in [9.17, 15) is 13.2 Å². The standard InChI is InChI=1S/C20H23ClN2O6S/c1-14-11-16(30(25,26)23-7-9-28-10-8-23)4-6-18(14)29-13-20(24)22-15-3-5-19(27-2)17(21)12-15/h3-6,11-12H,7-10,13H2,1-2H3,(H,22,24). The highest BCUT2D eigenvalue weighted by Gasteiger charge is 2.26. The van der Waals surface area contributed by atoms with Crippen LogP contribution in [0.3, 0.4) is 0 Å². The number of ether oxygens (including phenoxy) is 3. The van der Waals surface area contributed by atoms with Gasteiger partial charge in [-0.05, 0) is 48.9 Å². The highest BCUT2D eigenvalue weighted by molar-refractivity contribution is 7.89. The van der Waals surface area contributed by atoms with Crippen molar-refractivity contribution in [3.63, 3.8) is 0 Å². The van der Waals surface area contributed by atoms with E-state index in [4.69, 9.17) is 25.8 Å². The van der Waals surface area contributed by atoms with Gasteiger partial charge in [-0.2, -0.15) is 4.31 Å². The van der Waals surface area contributed by atoms with Gasteiger partial charge in [0.1, 0.15) is 11.5 Å². The molecule has 1 saturated heterocycles. The van der Waals surface area contributed by atoms with Crippen molar-refractivity contribution in [3.05, 3.63) is 47.0 Å². The number of nitrogens with zero attached hydrogens (tertiary/aromatic N) is 1. The minimum absolute atomic E-state index is 0.187. The maximum absolute atomic E-state index is 12.7. The molecule has 0 atom stereocenters. The number of nitrogens with one attached hydrogen (secondary N) is 1. The molecule has 0 bridgehead atoms. The summed E-state index contributed by atoms with van der Waals surface area (Å²) in [6.07, 6.45) is 0. The van der Waals surface area contributed by atoms with Crippen LogP contribution in [0.25, 0.3) is 0 Å². The molecule has 0 saturated carbocycles. The maximum Gasteiger partial charge on any atom is 0.262 e. The second-order valence-corrected chi connectivity index (χ2v) is 8.98. The third-order valence-electron chi connectivity index (χ3n) is 4.55. The van der Waals surface area contributed by atoms with E-state index in [1.54, 1.807) is 37.3 Å². The Morgan fingerprint density at radius 3 is 2.50 bits per heavy atom. The minimum atomic E-state index is -3.59. The van der Waals surface area contributed by atoms with E-state index in [1.165, 1.54) is 17.5 Å². The summed E-state index contributed by atoms with van der Waals surface area (Å²) in [4.78, 5) is 12.4. The van der Waals surface area contributed by atoms with Crippen LogP contribution in [0.4, 0.5) is 5.69 Å². The molecule has 1 amide bonds. The summed E-state index contributed by atoms with van der Waals surface area (Å²) in [5.41, 5.74) is 1.13. The molecule has 0 unspecified atom stereocenters. The van der Waals surface area contributed by atoms with Gasteiger partial charge in [0.15, 0.2) is 6.61 Å². The van der Waals surface area contributed by atoms with E-state index in [2.05, 4.69) is 5.32 Å². The van der Waals surface area contributed by atoms with Gasteiger partial charge < -0.3 is 19.5 Å². The van der Waals surface area contributed by atoms with Crippen molar-refractivity contribution in [2.75, 3.05) is 45.3 Å². The van der Waals surface area contributed by atoms with Crippen LogP contribution in [0.2, 0.25) is 5.02 Å². The lowest BCUT2D eigenvalue weighted by Crippen LogP contribution is -2.40. The molecule has 1 heterocycles. The summed E-state index contributed by atoms with van der Waals surface area (Å²) in [7, 11) is -2.08. The van der Waals surface area contributed by atoms with Gasteiger partial charge in [0.05, 0.1) is 30.2 Å². The van der Waals surface area contributed by atoms with Gasteiger partial charge in [-0.1, -0.05) is 11.6 Å². The van der Waals surface area contributed by atoms with Gasteiger partial charge in [0.25, 0.3) is 5.91 Å². The smallest absolute Gasteiger partial charge is 0.262 e. The van der Waals surface area contributed by atoms with Gasteiger partial charge >= 0.3 is 0 Å². The van der Waals surface area contributed by atoms with Crippen molar-refractivity contribution in [1.29, 1.82) is 0 Å². The van der Waals surface area contributed by atoms with Gasteiger partial charge in [0, 0.05) is 18.8 Å². The number of morpholine rings is 1. The van der Waals surface area contributed by atoms with Crippen molar-refractivity contribution in [2.45, 2.75) is 11.8 Å². The molecular formula is C20H23ClN2O6S. The third-order valence-corrected chi connectivity index (χ3v) is 6.74. The predicted octanol–water partition coefficient (Wildman–Crippen LogP) is 2.70. The molecule has 0 aliphatic carbocycles. The summed E-state index contributed by atoms with van der Waals surface area (Å²) >= 11 is 6.05. The Morgan fingerprint density at radius 2 is 1.87 bits per heavy atom. The molecule has 2 aromatic rings. The summed E-state index contributed by atoms with van der Waals surface area (Å²) in [5, 5.41) is 3.06. The fourth-order valence-electron chi connectivity index (χ4n) is 2.96. The highest BCUT2D eigenvalue weighted by Crippen LogP contribution is 2.27. The number of benzene rings is 2. The van der Waals surface area contributed by atoms with Crippen LogP contribution in [0.15, 0.2) is 41.3 Å². The average molecular weight is 455 g/mol. The average Bonchev–Trinajstić information content (AvgIpc) is 2.73. The fraction of sp³-hybridized carbons (Fsp3) is 0.350. The molecule has 1 fully saturated rings. The third kappa shape index (κ3) is 5.23. The van der Waals surface area contributed by atoms with Crippen LogP contribution < -0.4 is 14.8 Å². The molecule has 0 spiro atoms. The summed E-state index contributed by atoms with van der Waals surface area (Å²) < 4.78 is 42.7. The van der Waals surface area contributed by atoms with Crippen LogP contribution >= 0.6 is 11.6 Å². The Hall–Kier alpha value is -2.33. The van der Waals surface area contributed by atoms with Crippen molar-refractivity contribution in [3.8, 4) is 11.5 Å². The van der Waals surface area contributed by atoms with Crippen molar-refractivity contribution in [2.24, 2.45) is 0 Å². The first-order valence-electron chi connectivity index (χ1n) is 9.26. The largest absolute Gasteiger partial charge is 0.495 e. The number of sulfonamides is 1. The van der Waals surface area contributed by atoms with Crippen LogP contribution in [-0.2, 0) is 19.6 Å². The number of anilines is 1. The first-order chi connectivity index (χ1) is 14.3. The van der Waals surface area contributed by atoms with Crippen molar-refractivity contribution in [1.82, 2.24) is 4.31 Å². The molecule has 3 rings (SSSR count). The first kappa shape index (κ1) is 22.4. The van der Waals surface area contributed by atoms with E-state index in [0.29, 0.717) is 54.1 Å². The Balaban J connectivity index is 1.62. The van der Waals surface area contributed by atoms with Crippen LogP contribution in [-0.4, -0.2) is 58.7 Å². The minimum Gasteiger partial charge on any atom is -0.495 e. The van der Waals surface area contributed by atoms with Gasteiger partial charge in [-0.15, -0.1) is 0 Å². The van der Waals surface area contributed by atoms with Crippen molar-refractivity contribution >= 4 is 33.2 Å². The number of carbonyl (C=O) groups is 1. The monoisotopic (exact) mass is 454 g/mol. The topological polar surface area (TPSA) is 94.2 Å². The maximum atomic E-state index is 12.7. The predicted molar refractivity (Wildman–Crippen MR) is 113 cm³/mol. The van der Waals surface area contributed by atoms with E-state index in [1.807, 2.05) is 0 Å². The number of hydrogen-bond donors (Lipinski definition) is 1.